The minimum atomic E-state index is -0.518. The Labute approximate surface area is 113 Å². The lowest BCUT2D eigenvalue weighted by Crippen LogP contribution is -2.15. The number of anilines is 2. The Bertz CT molecular complexity index is 666. The zero-order valence-corrected chi connectivity index (χ0v) is 10.8. The van der Waals surface area contributed by atoms with E-state index in [1.165, 1.54) is 29.2 Å². The Morgan fingerprint density at radius 3 is 2.75 bits per heavy atom. The molecule has 2 N–H and O–H groups in total. The smallest absolute Gasteiger partial charge is 0.292 e. The fraction of sp³-hybridized carbons (Fsp3) is 0.182. The van der Waals surface area contributed by atoms with Crippen LogP contribution in [0.1, 0.15) is 10.4 Å². The quantitative estimate of drug-likeness (QED) is 0.636. The minimum absolute atomic E-state index is 0.0947. The van der Waals surface area contributed by atoms with Crippen molar-refractivity contribution in [1.82, 2.24) is 14.8 Å². The topological polar surface area (TPSA) is 115 Å². The molecule has 104 valence electrons. The Hall–Kier alpha value is -2.97. The number of hydrogen-bond acceptors (Lipinski definition) is 6. The van der Waals surface area contributed by atoms with Gasteiger partial charge in [-0.25, -0.2) is 4.68 Å². The molecule has 9 nitrogen and oxygen atoms in total. The fourth-order valence-electron chi connectivity index (χ4n) is 1.62. The van der Waals surface area contributed by atoms with E-state index < -0.39 is 10.8 Å². The van der Waals surface area contributed by atoms with Crippen LogP contribution in [0.2, 0.25) is 0 Å². The number of rotatable bonds is 4. The molecule has 2 rings (SSSR count). The number of nitrogens with one attached hydrogen (secondary N) is 2. The van der Waals surface area contributed by atoms with E-state index >= 15 is 0 Å². The summed E-state index contributed by atoms with van der Waals surface area (Å²) in [6.45, 7) is 0. The normalized spacial score (nSPS) is 10.1. The molecule has 20 heavy (non-hydrogen) atoms. The van der Waals surface area contributed by atoms with Crippen molar-refractivity contribution >= 4 is 23.2 Å². The summed E-state index contributed by atoms with van der Waals surface area (Å²) in [5.74, 6) is -0.133. The third-order valence-corrected chi connectivity index (χ3v) is 2.66. The minimum Gasteiger partial charge on any atom is -0.383 e. The third kappa shape index (κ3) is 2.55. The molecule has 0 atom stereocenters. The van der Waals surface area contributed by atoms with Gasteiger partial charge in [-0.15, -0.1) is 0 Å². The molecule has 1 amide bonds. The largest absolute Gasteiger partial charge is 0.383 e. The molecular weight excluding hydrogens is 264 g/mol. The van der Waals surface area contributed by atoms with E-state index in [-0.39, 0.29) is 16.9 Å². The van der Waals surface area contributed by atoms with Crippen LogP contribution < -0.4 is 10.6 Å². The van der Waals surface area contributed by atoms with Crippen molar-refractivity contribution in [3.63, 3.8) is 0 Å². The van der Waals surface area contributed by atoms with Crippen molar-refractivity contribution in [3.05, 3.63) is 40.2 Å². The maximum atomic E-state index is 12.0. The number of nitro benzene ring substituents is 1. The molecule has 0 unspecified atom stereocenters. The monoisotopic (exact) mass is 276 g/mol. The van der Waals surface area contributed by atoms with E-state index in [0.717, 1.165) is 0 Å². The number of amides is 1. The van der Waals surface area contributed by atoms with Crippen LogP contribution in [-0.2, 0) is 7.05 Å². The fourth-order valence-corrected chi connectivity index (χ4v) is 1.62. The van der Waals surface area contributed by atoms with E-state index in [1.807, 2.05) is 0 Å². The van der Waals surface area contributed by atoms with Crippen LogP contribution in [0.3, 0.4) is 0 Å². The summed E-state index contributed by atoms with van der Waals surface area (Å²) in [5, 5.41) is 19.9. The molecule has 0 saturated carbocycles. The zero-order chi connectivity index (χ0) is 14.7. The van der Waals surface area contributed by atoms with Crippen molar-refractivity contribution in [1.29, 1.82) is 0 Å². The molecule has 0 spiro atoms. The average molecular weight is 276 g/mol. The predicted molar refractivity (Wildman–Crippen MR) is 71.6 cm³/mol. The average Bonchev–Trinajstić information content (AvgIpc) is 2.83. The second-order valence-electron chi connectivity index (χ2n) is 3.90. The molecule has 0 aliphatic heterocycles. The molecular formula is C11H12N6O3. The molecule has 0 bridgehead atoms. The van der Waals surface area contributed by atoms with Gasteiger partial charge < -0.3 is 5.32 Å². The van der Waals surface area contributed by atoms with Gasteiger partial charge in [0.1, 0.15) is 12.0 Å². The van der Waals surface area contributed by atoms with Gasteiger partial charge in [0.05, 0.1) is 4.92 Å². The Kier molecular flexibility index (Phi) is 3.60. The Morgan fingerprint density at radius 1 is 1.45 bits per heavy atom. The SMILES string of the molecule is CNc1cc(C(=O)Nc2ncnn2C)ccc1[N+](=O)[O-]. The first kappa shape index (κ1) is 13.5. The number of benzene rings is 1. The van der Waals surface area contributed by atoms with Crippen LogP contribution in [0.15, 0.2) is 24.5 Å². The van der Waals surface area contributed by atoms with Gasteiger partial charge in [-0.2, -0.15) is 10.1 Å². The van der Waals surface area contributed by atoms with Gasteiger partial charge in [0.2, 0.25) is 5.95 Å². The molecule has 0 aliphatic rings. The predicted octanol–water partition coefficient (Wildman–Crippen LogP) is 1.02. The zero-order valence-electron chi connectivity index (χ0n) is 10.8. The molecule has 0 fully saturated rings. The summed E-state index contributed by atoms with van der Waals surface area (Å²) in [4.78, 5) is 26.2. The Morgan fingerprint density at radius 2 is 2.20 bits per heavy atom. The summed E-state index contributed by atoms with van der Waals surface area (Å²) in [6.07, 6.45) is 1.31. The van der Waals surface area contributed by atoms with Crippen LogP contribution in [0, 0.1) is 10.1 Å². The number of carbonyl (C=O) groups excluding carboxylic acids is 1. The summed E-state index contributed by atoms with van der Waals surface area (Å²) >= 11 is 0. The van der Waals surface area contributed by atoms with Gasteiger partial charge in [-0.3, -0.25) is 20.2 Å². The highest BCUT2D eigenvalue weighted by atomic mass is 16.6. The van der Waals surface area contributed by atoms with Gasteiger partial charge in [0.25, 0.3) is 11.6 Å². The Balaban J connectivity index is 2.27. The van der Waals surface area contributed by atoms with Gasteiger partial charge in [-0.1, -0.05) is 0 Å². The first-order valence-corrected chi connectivity index (χ1v) is 5.64. The highest BCUT2D eigenvalue weighted by molar-refractivity contribution is 6.04. The summed E-state index contributed by atoms with van der Waals surface area (Å²) in [5.41, 5.74) is 0.450. The molecule has 1 heterocycles. The first-order chi connectivity index (χ1) is 9.52. The standard InChI is InChI=1S/C11H12N6O3/c1-12-8-5-7(3-4-9(8)17(19)20)10(18)15-11-13-6-14-16(11)2/h3-6,12H,1-2H3,(H,13,14,15,18). The number of aromatic nitrogens is 3. The highest BCUT2D eigenvalue weighted by Crippen LogP contribution is 2.25. The lowest BCUT2D eigenvalue weighted by molar-refractivity contribution is -0.383. The molecule has 9 heteroatoms. The highest BCUT2D eigenvalue weighted by Gasteiger charge is 2.16. The van der Waals surface area contributed by atoms with Crippen LogP contribution in [0.5, 0.6) is 0 Å². The molecule has 2 aromatic rings. The van der Waals surface area contributed by atoms with Crippen LogP contribution in [0.4, 0.5) is 17.3 Å². The maximum absolute atomic E-state index is 12.0. The molecule has 0 saturated heterocycles. The summed E-state index contributed by atoms with van der Waals surface area (Å²) < 4.78 is 1.41. The number of aryl methyl sites for hydroxylation is 1. The van der Waals surface area contributed by atoms with E-state index in [2.05, 4.69) is 20.7 Å². The molecule has 1 aromatic heterocycles. The molecule has 0 aliphatic carbocycles. The van der Waals surface area contributed by atoms with E-state index in [0.29, 0.717) is 5.95 Å². The van der Waals surface area contributed by atoms with Gasteiger partial charge in [0, 0.05) is 25.7 Å². The molecule has 0 radical (unpaired) electrons. The van der Waals surface area contributed by atoms with E-state index in [4.69, 9.17) is 0 Å². The van der Waals surface area contributed by atoms with Crippen LogP contribution >= 0.6 is 0 Å². The maximum Gasteiger partial charge on any atom is 0.292 e. The number of nitro groups is 1. The lowest BCUT2D eigenvalue weighted by atomic mass is 10.1. The lowest BCUT2D eigenvalue weighted by Gasteiger charge is -2.06. The van der Waals surface area contributed by atoms with Gasteiger partial charge >= 0.3 is 0 Å². The second-order valence-corrected chi connectivity index (χ2v) is 3.90. The van der Waals surface area contributed by atoms with Crippen LogP contribution in [-0.4, -0.2) is 32.6 Å². The first-order valence-electron chi connectivity index (χ1n) is 5.64. The molecule has 1 aromatic carbocycles. The van der Waals surface area contributed by atoms with E-state index in [1.54, 1.807) is 14.1 Å². The number of carbonyl (C=O) groups is 1. The number of hydrogen-bond donors (Lipinski definition) is 2. The van der Waals surface area contributed by atoms with Crippen molar-refractivity contribution in [2.45, 2.75) is 0 Å². The van der Waals surface area contributed by atoms with Crippen molar-refractivity contribution in [2.24, 2.45) is 7.05 Å². The van der Waals surface area contributed by atoms with E-state index in [9.17, 15) is 14.9 Å². The van der Waals surface area contributed by atoms with Gasteiger partial charge in [0.15, 0.2) is 0 Å². The van der Waals surface area contributed by atoms with Crippen LogP contribution in [0.25, 0.3) is 0 Å². The van der Waals surface area contributed by atoms with Gasteiger partial charge in [-0.05, 0) is 12.1 Å². The summed E-state index contributed by atoms with van der Waals surface area (Å²) in [6, 6.07) is 4.06. The second kappa shape index (κ2) is 5.34. The van der Waals surface area contributed by atoms with Crippen molar-refractivity contribution in [3.8, 4) is 0 Å². The number of nitrogens with zero attached hydrogens (tertiary/aromatic N) is 4. The third-order valence-electron chi connectivity index (χ3n) is 2.66. The summed E-state index contributed by atoms with van der Waals surface area (Å²) in [7, 11) is 3.18. The van der Waals surface area contributed by atoms with Crippen molar-refractivity contribution < 1.29 is 9.72 Å². The van der Waals surface area contributed by atoms with Crippen molar-refractivity contribution in [2.75, 3.05) is 17.7 Å².